The molecule has 9 nitrogen and oxygen atoms in total. The van der Waals surface area contributed by atoms with Crippen molar-refractivity contribution >= 4 is 17.2 Å². The van der Waals surface area contributed by atoms with Gasteiger partial charge in [0.1, 0.15) is 24.0 Å². The largest absolute Gasteiger partial charge is 0.423 e. The maximum absolute atomic E-state index is 12.3. The van der Waals surface area contributed by atoms with Crippen molar-refractivity contribution in [2.75, 3.05) is 13.2 Å². The van der Waals surface area contributed by atoms with Crippen LogP contribution in [-0.2, 0) is 20.7 Å². The number of para-hydroxylation sites is 1. The predicted molar refractivity (Wildman–Crippen MR) is 103 cm³/mol. The molecule has 0 saturated carbocycles. The van der Waals surface area contributed by atoms with Crippen LogP contribution in [0.5, 0.6) is 11.8 Å². The normalized spacial score (nSPS) is 25.7. The molecule has 0 radical (unpaired) electrons. The average molecular weight is 413 g/mol. The molecule has 0 aliphatic carbocycles. The number of carbonyl (C=O) groups is 1. The Morgan fingerprint density at radius 2 is 2.03 bits per heavy atom. The summed E-state index contributed by atoms with van der Waals surface area (Å²) in [7, 11) is 0. The van der Waals surface area contributed by atoms with Crippen LogP contribution < -0.4 is 10.1 Å². The minimum Gasteiger partial charge on any atom is -0.423 e. The lowest BCUT2D eigenvalue weighted by molar-refractivity contribution is -0.121. The molecule has 2 aliphatic rings. The Bertz CT molecular complexity index is 964. The topological polar surface area (TPSA) is 100 Å². The van der Waals surface area contributed by atoms with Crippen LogP contribution in [0.3, 0.4) is 0 Å². The first-order valence-corrected chi connectivity index (χ1v) is 10.2. The second kappa shape index (κ2) is 7.90. The molecular weight excluding hydrogens is 394 g/mol. The van der Waals surface area contributed by atoms with Crippen molar-refractivity contribution in [1.82, 2.24) is 25.5 Å². The maximum Gasteiger partial charge on any atom is 0.341 e. The Morgan fingerprint density at radius 3 is 2.86 bits per heavy atom. The van der Waals surface area contributed by atoms with Gasteiger partial charge in [-0.1, -0.05) is 29.4 Å². The second-order valence-corrected chi connectivity index (χ2v) is 7.95. The molecule has 4 heterocycles. The van der Waals surface area contributed by atoms with Gasteiger partial charge in [-0.25, -0.2) is 0 Å². The zero-order chi connectivity index (χ0) is 19.6. The van der Waals surface area contributed by atoms with E-state index in [1.807, 2.05) is 47.8 Å². The van der Waals surface area contributed by atoms with Gasteiger partial charge in [-0.05, 0) is 34.0 Å². The quantitative estimate of drug-likeness (QED) is 0.655. The Balaban J connectivity index is 1.25. The molecule has 3 aromatic rings. The fraction of sp³-hybridized carbons (Fsp3) is 0.368. The number of ether oxygens (including phenoxy) is 3. The molecule has 29 heavy (non-hydrogen) atoms. The van der Waals surface area contributed by atoms with E-state index in [-0.39, 0.29) is 36.2 Å². The van der Waals surface area contributed by atoms with Gasteiger partial charge in [-0.2, -0.15) is 4.68 Å². The summed E-state index contributed by atoms with van der Waals surface area (Å²) in [6.45, 7) is 0.766. The Labute approximate surface area is 170 Å². The number of hydrogen-bond donors (Lipinski definition) is 1. The SMILES string of the molecule is O=C(Cc1cccs1)N[C@H]1CO[C@H]2[C@@H]1OC[C@@H]2n1nnnc1Oc1ccccc1. The van der Waals surface area contributed by atoms with Crippen LogP contribution in [0, 0.1) is 0 Å². The number of amides is 1. The lowest BCUT2D eigenvalue weighted by Gasteiger charge is -2.18. The lowest BCUT2D eigenvalue weighted by atomic mass is 10.1. The molecule has 0 bridgehead atoms. The van der Waals surface area contributed by atoms with Gasteiger partial charge in [0.15, 0.2) is 0 Å². The zero-order valence-electron chi connectivity index (χ0n) is 15.4. The van der Waals surface area contributed by atoms with Crippen molar-refractivity contribution < 1.29 is 19.0 Å². The van der Waals surface area contributed by atoms with E-state index < -0.39 is 0 Å². The Kier molecular flexibility index (Phi) is 4.96. The van der Waals surface area contributed by atoms with Gasteiger partial charge in [0.2, 0.25) is 5.91 Å². The van der Waals surface area contributed by atoms with Crippen LogP contribution in [0.25, 0.3) is 0 Å². The molecule has 1 aromatic carbocycles. The monoisotopic (exact) mass is 413 g/mol. The summed E-state index contributed by atoms with van der Waals surface area (Å²) in [5.74, 6) is 0.606. The minimum atomic E-state index is -0.260. The van der Waals surface area contributed by atoms with Crippen LogP contribution in [-0.4, -0.2) is 57.6 Å². The third kappa shape index (κ3) is 3.74. The van der Waals surface area contributed by atoms with Crippen LogP contribution in [0.2, 0.25) is 0 Å². The summed E-state index contributed by atoms with van der Waals surface area (Å²) in [6, 6.07) is 13.1. The highest BCUT2D eigenvalue weighted by Gasteiger charge is 2.50. The summed E-state index contributed by atoms with van der Waals surface area (Å²) in [6.07, 6.45) is -0.151. The molecule has 2 saturated heterocycles. The lowest BCUT2D eigenvalue weighted by Crippen LogP contribution is -2.44. The first-order chi connectivity index (χ1) is 14.3. The van der Waals surface area contributed by atoms with Crippen molar-refractivity contribution in [2.45, 2.75) is 30.7 Å². The minimum absolute atomic E-state index is 0.0377. The number of thiophene rings is 1. The fourth-order valence-corrected chi connectivity index (χ4v) is 4.40. The molecule has 2 fully saturated rings. The van der Waals surface area contributed by atoms with Gasteiger partial charge < -0.3 is 19.5 Å². The molecule has 1 amide bonds. The zero-order valence-corrected chi connectivity index (χ0v) is 16.2. The van der Waals surface area contributed by atoms with Gasteiger partial charge in [-0.3, -0.25) is 4.79 Å². The van der Waals surface area contributed by atoms with E-state index in [2.05, 4.69) is 20.8 Å². The number of nitrogens with zero attached hydrogens (tertiary/aromatic N) is 4. The third-order valence-corrected chi connectivity index (χ3v) is 5.89. The van der Waals surface area contributed by atoms with E-state index in [0.29, 0.717) is 25.4 Å². The summed E-state index contributed by atoms with van der Waals surface area (Å²) < 4.78 is 19.3. The maximum atomic E-state index is 12.3. The van der Waals surface area contributed by atoms with E-state index in [4.69, 9.17) is 14.2 Å². The standard InChI is InChI=1S/C19H19N5O4S/c25-16(9-13-7-4-8-29-13)20-14-10-26-18-15(11-27-17(14)18)24-19(21-22-23-24)28-12-5-2-1-3-6-12/h1-8,14-15,17-18H,9-11H2,(H,20,25)/t14-,15-,17+,18+/m0/s1. The fourth-order valence-electron chi connectivity index (χ4n) is 3.70. The highest BCUT2D eigenvalue weighted by molar-refractivity contribution is 7.10. The third-order valence-electron chi connectivity index (χ3n) is 5.02. The molecule has 0 spiro atoms. The van der Waals surface area contributed by atoms with E-state index in [1.165, 1.54) is 0 Å². The van der Waals surface area contributed by atoms with Crippen molar-refractivity contribution in [1.29, 1.82) is 0 Å². The Hall–Kier alpha value is -2.82. The van der Waals surface area contributed by atoms with Gasteiger partial charge in [0, 0.05) is 4.88 Å². The van der Waals surface area contributed by atoms with Crippen molar-refractivity contribution in [3.05, 3.63) is 52.7 Å². The molecule has 2 aromatic heterocycles. The summed E-state index contributed by atoms with van der Waals surface area (Å²) >= 11 is 1.57. The van der Waals surface area contributed by atoms with Crippen molar-refractivity contribution in [3.63, 3.8) is 0 Å². The molecule has 10 heteroatoms. The number of aromatic nitrogens is 4. The predicted octanol–water partition coefficient (Wildman–Crippen LogP) is 1.59. The molecular formula is C19H19N5O4S. The van der Waals surface area contributed by atoms with E-state index in [1.54, 1.807) is 16.0 Å². The van der Waals surface area contributed by atoms with Gasteiger partial charge in [-0.15, -0.1) is 11.3 Å². The smallest absolute Gasteiger partial charge is 0.341 e. The first-order valence-electron chi connectivity index (χ1n) is 9.33. The summed E-state index contributed by atoms with van der Waals surface area (Å²) in [4.78, 5) is 13.4. The number of benzene rings is 1. The summed E-state index contributed by atoms with van der Waals surface area (Å²) in [5, 5.41) is 16.8. The molecule has 5 rings (SSSR count). The number of hydrogen-bond acceptors (Lipinski definition) is 8. The van der Waals surface area contributed by atoms with Gasteiger partial charge in [0.25, 0.3) is 0 Å². The average Bonchev–Trinajstić information content (AvgIpc) is 3.49. The second-order valence-electron chi connectivity index (χ2n) is 6.91. The molecule has 2 aliphatic heterocycles. The number of carbonyl (C=O) groups excluding carboxylic acids is 1. The van der Waals surface area contributed by atoms with Crippen LogP contribution in [0.4, 0.5) is 0 Å². The van der Waals surface area contributed by atoms with Crippen LogP contribution >= 0.6 is 11.3 Å². The van der Waals surface area contributed by atoms with E-state index >= 15 is 0 Å². The Morgan fingerprint density at radius 1 is 1.17 bits per heavy atom. The highest BCUT2D eigenvalue weighted by atomic mass is 32.1. The first kappa shape index (κ1) is 18.2. The van der Waals surface area contributed by atoms with Gasteiger partial charge in [0.05, 0.1) is 25.7 Å². The van der Waals surface area contributed by atoms with Crippen LogP contribution in [0.15, 0.2) is 47.8 Å². The van der Waals surface area contributed by atoms with Crippen molar-refractivity contribution in [3.8, 4) is 11.8 Å². The number of nitrogens with one attached hydrogen (secondary N) is 1. The summed E-state index contributed by atoms with van der Waals surface area (Å²) in [5.41, 5.74) is 0. The van der Waals surface area contributed by atoms with E-state index in [9.17, 15) is 4.79 Å². The highest BCUT2D eigenvalue weighted by Crippen LogP contribution is 2.36. The number of tetrazole rings is 1. The molecule has 1 N–H and O–H groups in total. The van der Waals surface area contributed by atoms with E-state index in [0.717, 1.165) is 4.88 Å². The molecule has 4 atom stereocenters. The molecule has 0 unspecified atom stereocenters. The molecule has 150 valence electrons. The number of rotatable bonds is 6. The van der Waals surface area contributed by atoms with Gasteiger partial charge >= 0.3 is 6.01 Å². The van der Waals surface area contributed by atoms with Crippen molar-refractivity contribution in [2.24, 2.45) is 0 Å². The number of fused-ring (bicyclic) bond motifs is 1. The van der Waals surface area contributed by atoms with Crippen LogP contribution in [0.1, 0.15) is 10.9 Å².